The van der Waals surface area contributed by atoms with Crippen molar-refractivity contribution in [3.05, 3.63) is 70.2 Å². The van der Waals surface area contributed by atoms with E-state index in [9.17, 15) is 5.11 Å². The molecule has 2 aromatic carbocycles. The molecule has 19 heavy (non-hydrogen) atoms. The number of rotatable bonds is 4. The molecule has 0 aliphatic carbocycles. The minimum atomic E-state index is -0.619. The third-order valence-corrected chi connectivity index (χ3v) is 3.15. The van der Waals surface area contributed by atoms with E-state index in [1.54, 1.807) is 12.1 Å². The molecule has 0 aliphatic rings. The van der Waals surface area contributed by atoms with Gasteiger partial charge in [0.2, 0.25) is 0 Å². The van der Waals surface area contributed by atoms with E-state index in [4.69, 9.17) is 11.6 Å². The predicted molar refractivity (Wildman–Crippen MR) is 82.0 cm³/mol. The Morgan fingerprint density at radius 3 is 2.37 bits per heavy atom. The van der Waals surface area contributed by atoms with Crippen molar-refractivity contribution in [2.75, 3.05) is 7.05 Å². The van der Waals surface area contributed by atoms with Crippen LogP contribution in [-0.4, -0.2) is 12.2 Å². The second-order valence-electron chi connectivity index (χ2n) is 4.18. The summed E-state index contributed by atoms with van der Waals surface area (Å²) >= 11 is 5.85. The number of aliphatic hydroxyl groups is 1. The second-order valence-corrected chi connectivity index (χ2v) is 4.62. The van der Waals surface area contributed by atoms with Gasteiger partial charge in [-0.1, -0.05) is 48.0 Å². The number of halogens is 2. The van der Waals surface area contributed by atoms with Crippen LogP contribution in [0, 0.1) is 0 Å². The molecule has 0 bridgehead atoms. The van der Waals surface area contributed by atoms with E-state index >= 15 is 0 Å². The molecule has 0 saturated carbocycles. The van der Waals surface area contributed by atoms with Gasteiger partial charge in [0.05, 0.1) is 0 Å². The summed E-state index contributed by atoms with van der Waals surface area (Å²) in [7, 11) is 1.89. The van der Waals surface area contributed by atoms with Gasteiger partial charge in [0.25, 0.3) is 0 Å². The van der Waals surface area contributed by atoms with Gasteiger partial charge in [-0.15, -0.1) is 12.4 Å². The molecule has 0 aliphatic heterocycles. The number of hydrogen-bond acceptors (Lipinski definition) is 2. The first kappa shape index (κ1) is 16.0. The van der Waals surface area contributed by atoms with E-state index in [1.807, 2.05) is 43.4 Å². The standard InChI is InChI=1S/C15H16ClNO.ClH/c1-17-10-12-4-2-3-5-14(12)15(18)11-6-8-13(16)9-7-11;/h2-9,15,17-18H,10H2,1H3;1H. The average Bonchev–Trinajstić information content (AvgIpc) is 2.40. The lowest BCUT2D eigenvalue weighted by molar-refractivity contribution is 0.219. The highest BCUT2D eigenvalue weighted by atomic mass is 35.5. The van der Waals surface area contributed by atoms with Gasteiger partial charge in [-0.05, 0) is 35.9 Å². The first-order chi connectivity index (χ1) is 8.72. The Balaban J connectivity index is 0.00000180. The van der Waals surface area contributed by atoms with E-state index in [2.05, 4.69) is 5.32 Å². The molecule has 0 spiro atoms. The number of benzene rings is 2. The normalized spacial score (nSPS) is 11.7. The van der Waals surface area contributed by atoms with Crippen LogP contribution in [-0.2, 0) is 6.54 Å². The highest BCUT2D eigenvalue weighted by Crippen LogP contribution is 2.25. The molecule has 2 N–H and O–H groups in total. The van der Waals surface area contributed by atoms with Gasteiger partial charge >= 0.3 is 0 Å². The fraction of sp³-hybridized carbons (Fsp3) is 0.200. The van der Waals surface area contributed by atoms with Gasteiger partial charge in [-0.3, -0.25) is 0 Å². The van der Waals surface area contributed by atoms with Crippen molar-refractivity contribution in [3.63, 3.8) is 0 Å². The van der Waals surface area contributed by atoms with Crippen LogP contribution in [0.25, 0.3) is 0 Å². The van der Waals surface area contributed by atoms with E-state index in [1.165, 1.54) is 0 Å². The van der Waals surface area contributed by atoms with Crippen molar-refractivity contribution in [1.82, 2.24) is 5.32 Å². The van der Waals surface area contributed by atoms with E-state index in [0.29, 0.717) is 5.02 Å². The monoisotopic (exact) mass is 297 g/mol. The van der Waals surface area contributed by atoms with Crippen LogP contribution in [0.4, 0.5) is 0 Å². The SMILES string of the molecule is CNCc1ccccc1C(O)c1ccc(Cl)cc1.Cl. The Bertz CT molecular complexity index is 514. The van der Waals surface area contributed by atoms with Crippen LogP contribution >= 0.6 is 24.0 Å². The zero-order chi connectivity index (χ0) is 13.0. The minimum Gasteiger partial charge on any atom is -0.384 e. The molecule has 2 nitrogen and oxygen atoms in total. The molecule has 0 aromatic heterocycles. The maximum Gasteiger partial charge on any atom is 0.104 e. The van der Waals surface area contributed by atoms with Gasteiger partial charge in [0.15, 0.2) is 0 Å². The Kier molecular flexibility index (Phi) is 6.32. The van der Waals surface area contributed by atoms with Crippen molar-refractivity contribution in [2.45, 2.75) is 12.6 Å². The lowest BCUT2D eigenvalue weighted by atomic mass is 9.97. The lowest BCUT2D eigenvalue weighted by Gasteiger charge is -2.16. The number of nitrogens with one attached hydrogen (secondary N) is 1. The van der Waals surface area contributed by atoms with Crippen LogP contribution in [0.2, 0.25) is 5.02 Å². The van der Waals surface area contributed by atoms with Crippen LogP contribution in [0.1, 0.15) is 22.8 Å². The molecule has 1 atom stereocenters. The van der Waals surface area contributed by atoms with E-state index in [0.717, 1.165) is 23.2 Å². The molecule has 4 heteroatoms. The van der Waals surface area contributed by atoms with Crippen LogP contribution in [0.15, 0.2) is 48.5 Å². The highest BCUT2D eigenvalue weighted by Gasteiger charge is 2.13. The van der Waals surface area contributed by atoms with Gasteiger partial charge in [-0.2, -0.15) is 0 Å². The summed E-state index contributed by atoms with van der Waals surface area (Å²) in [5.74, 6) is 0. The molecule has 2 rings (SSSR count). The van der Waals surface area contributed by atoms with Gasteiger partial charge < -0.3 is 10.4 Å². The van der Waals surface area contributed by atoms with Crippen LogP contribution < -0.4 is 5.32 Å². The summed E-state index contributed by atoms with van der Waals surface area (Å²) in [6.45, 7) is 0.737. The fourth-order valence-electron chi connectivity index (χ4n) is 1.98. The molecular formula is C15H17Cl2NO. The average molecular weight is 298 g/mol. The minimum absolute atomic E-state index is 0. The third kappa shape index (κ3) is 3.95. The maximum absolute atomic E-state index is 10.4. The summed E-state index contributed by atoms with van der Waals surface area (Å²) in [5.41, 5.74) is 2.87. The van der Waals surface area contributed by atoms with E-state index < -0.39 is 6.10 Å². The summed E-state index contributed by atoms with van der Waals surface area (Å²) < 4.78 is 0. The van der Waals surface area contributed by atoms with Crippen molar-refractivity contribution >= 4 is 24.0 Å². The first-order valence-corrected chi connectivity index (χ1v) is 6.26. The van der Waals surface area contributed by atoms with Crippen LogP contribution in [0.3, 0.4) is 0 Å². The first-order valence-electron chi connectivity index (χ1n) is 5.88. The third-order valence-electron chi connectivity index (χ3n) is 2.90. The Morgan fingerprint density at radius 2 is 1.74 bits per heavy atom. The Hall–Kier alpha value is -1.06. The molecule has 2 aromatic rings. The van der Waals surface area contributed by atoms with E-state index in [-0.39, 0.29) is 12.4 Å². The molecule has 0 fully saturated rings. The quantitative estimate of drug-likeness (QED) is 0.904. The number of aliphatic hydroxyl groups excluding tert-OH is 1. The predicted octanol–water partition coefficient (Wildman–Crippen LogP) is 3.56. The molecule has 0 saturated heterocycles. The Labute approximate surface area is 124 Å². The van der Waals surface area contributed by atoms with Gasteiger partial charge in [-0.25, -0.2) is 0 Å². The second kappa shape index (κ2) is 7.51. The summed E-state index contributed by atoms with van der Waals surface area (Å²) in [6.07, 6.45) is -0.619. The molecule has 0 radical (unpaired) electrons. The number of hydrogen-bond donors (Lipinski definition) is 2. The molecule has 1 unspecified atom stereocenters. The zero-order valence-electron chi connectivity index (χ0n) is 10.6. The summed E-state index contributed by atoms with van der Waals surface area (Å²) in [6, 6.07) is 15.2. The highest BCUT2D eigenvalue weighted by molar-refractivity contribution is 6.30. The molecule has 0 heterocycles. The summed E-state index contributed by atoms with van der Waals surface area (Å²) in [4.78, 5) is 0. The Morgan fingerprint density at radius 1 is 1.11 bits per heavy atom. The van der Waals surface area contributed by atoms with Crippen molar-refractivity contribution < 1.29 is 5.11 Å². The smallest absolute Gasteiger partial charge is 0.104 e. The zero-order valence-corrected chi connectivity index (χ0v) is 12.2. The summed E-state index contributed by atoms with van der Waals surface area (Å²) in [5, 5.41) is 14.2. The molecule has 102 valence electrons. The lowest BCUT2D eigenvalue weighted by Crippen LogP contribution is -2.10. The topological polar surface area (TPSA) is 32.3 Å². The van der Waals surface area contributed by atoms with Gasteiger partial charge in [0, 0.05) is 11.6 Å². The van der Waals surface area contributed by atoms with Crippen molar-refractivity contribution in [1.29, 1.82) is 0 Å². The molecular weight excluding hydrogens is 281 g/mol. The van der Waals surface area contributed by atoms with Crippen molar-refractivity contribution in [3.8, 4) is 0 Å². The molecule has 0 amide bonds. The van der Waals surface area contributed by atoms with Crippen molar-refractivity contribution in [2.24, 2.45) is 0 Å². The fourth-order valence-corrected chi connectivity index (χ4v) is 2.10. The maximum atomic E-state index is 10.4. The largest absolute Gasteiger partial charge is 0.384 e. The van der Waals surface area contributed by atoms with Crippen LogP contribution in [0.5, 0.6) is 0 Å². The van der Waals surface area contributed by atoms with Gasteiger partial charge in [0.1, 0.15) is 6.10 Å².